The Bertz CT molecular complexity index is 1230. The third kappa shape index (κ3) is 6.81. The number of alkyl carbamates (subject to hydrolysis) is 1. The summed E-state index contributed by atoms with van der Waals surface area (Å²) < 4.78 is 5.79. The van der Waals surface area contributed by atoms with Gasteiger partial charge in [-0.15, -0.1) is 16.8 Å². The molecule has 11 nitrogen and oxygen atoms in total. The molecular weight excluding hydrogens is 458 g/mol. The van der Waals surface area contributed by atoms with Gasteiger partial charge >= 0.3 is 6.09 Å². The Hall–Kier alpha value is -4.37. The molecule has 0 aliphatic rings. The summed E-state index contributed by atoms with van der Waals surface area (Å²) in [6, 6.07) is 13.8. The van der Waals surface area contributed by atoms with Crippen molar-refractivity contribution in [1.82, 2.24) is 10.3 Å². The highest BCUT2D eigenvalue weighted by molar-refractivity contribution is 7.21. The normalized spacial score (nSPS) is 10.7. The van der Waals surface area contributed by atoms with Crippen LogP contribution in [0.25, 0.3) is 10.2 Å². The van der Waals surface area contributed by atoms with E-state index in [4.69, 9.17) is 10.00 Å². The number of anilines is 1. The van der Waals surface area contributed by atoms with Crippen molar-refractivity contribution in [2.45, 2.75) is 6.42 Å². The third-order valence-electron chi connectivity index (χ3n) is 4.52. The van der Waals surface area contributed by atoms with E-state index in [1.165, 1.54) is 23.5 Å². The number of thiazole rings is 1. The predicted octanol–water partition coefficient (Wildman–Crippen LogP) is 5.25. The minimum atomic E-state index is -0.527. The Labute approximate surface area is 199 Å². The van der Waals surface area contributed by atoms with Crippen LogP contribution in [0.1, 0.15) is 6.42 Å². The van der Waals surface area contributed by atoms with E-state index in [2.05, 4.69) is 33.2 Å². The van der Waals surface area contributed by atoms with E-state index in [1.54, 1.807) is 24.3 Å². The molecular formula is C22H21N7O4S. The van der Waals surface area contributed by atoms with Gasteiger partial charge in [0.15, 0.2) is 0 Å². The molecule has 1 aromatic heterocycles. The molecule has 0 bridgehead atoms. The van der Waals surface area contributed by atoms with Crippen molar-refractivity contribution in [3.8, 4) is 6.07 Å². The zero-order valence-corrected chi connectivity index (χ0v) is 18.9. The first-order valence-corrected chi connectivity index (χ1v) is 11.0. The molecule has 1 N–H and O–H groups in total. The molecule has 3 rings (SSSR count). The smallest absolute Gasteiger partial charge is 0.407 e. The molecule has 0 saturated heterocycles. The van der Waals surface area contributed by atoms with E-state index in [0.29, 0.717) is 47.1 Å². The van der Waals surface area contributed by atoms with Crippen molar-refractivity contribution in [3.63, 3.8) is 0 Å². The SMILES string of the molecule is C=CCNC(=O)OCCN(CCC#N)c1ccc(N=Nc2nc3ccc([N+](=O)[O-])cc3s2)cc1. The predicted molar refractivity (Wildman–Crippen MR) is 129 cm³/mol. The van der Waals surface area contributed by atoms with Crippen molar-refractivity contribution < 1.29 is 14.5 Å². The first-order chi connectivity index (χ1) is 16.5. The van der Waals surface area contributed by atoms with E-state index in [-0.39, 0.29) is 12.3 Å². The van der Waals surface area contributed by atoms with Crippen molar-refractivity contribution >= 4 is 49.8 Å². The lowest BCUT2D eigenvalue weighted by atomic mass is 10.2. The molecule has 34 heavy (non-hydrogen) atoms. The second-order valence-corrected chi connectivity index (χ2v) is 7.83. The van der Waals surface area contributed by atoms with Crippen LogP contribution in [0.3, 0.4) is 0 Å². The number of hydrogen-bond donors (Lipinski definition) is 1. The highest BCUT2D eigenvalue weighted by atomic mass is 32.1. The standard InChI is InChI=1S/C22H21N7O4S/c1-2-11-24-22(30)33-14-13-28(12-3-10-23)17-6-4-16(5-7-17)26-27-21-25-19-9-8-18(29(31)32)15-20(19)34-21/h2,4-9,15H,1,3,11-14H2,(H,24,30). The van der Waals surface area contributed by atoms with Crippen LogP contribution in [0, 0.1) is 21.4 Å². The quantitative estimate of drug-likeness (QED) is 0.171. The number of nitrogens with one attached hydrogen (secondary N) is 1. The third-order valence-corrected chi connectivity index (χ3v) is 5.42. The molecule has 174 valence electrons. The fourth-order valence-corrected chi connectivity index (χ4v) is 3.72. The number of hydrogen-bond acceptors (Lipinski definition) is 10. The lowest BCUT2D eigenvalue weighted by Gasteiger charge is -2.23. The number of nitro benzene ring substituents is 1. The summed E-state index contributed by atoms with van der Waals surface area (Å²) in [7, 11) is 0. The second kappa shape index (κ2) is 12.0. The van der Waals surface area contributed by atoms with Crippen molar-refractivity contribution in [3.05, 3.63) is 65.2 Å². The van der Waals surface area contributed by atoms with Crippen molar-refractivity contribution in [1.29, 1.82) is 5.26 Å². The van der Waals surface area contributed by atoms with Gasteiger partial charge in [-0.2, -0.15) is 5.26 Å². The van der Waals surface area contributed by atoms with Gasteiger partial charge in [-0.25, -0.2) is 9.78 Å². The number of aromatic nitrogens is 1. The van der Waals surface area contributed by atoms with Crippen molar-refractivity contribution in [2.24, 2.45) is 10.2 Å². The molecule has 1 heterocycles. The van der Waals surface area contributed by atoms with Crippen LogP contribution in [0.4, 0.5) is 27.0 Å². The van der Waals surface area contributed by atoms with Gasteiger partial charge in [0.1, 0.15) is 6.61 Å². The van der Waals surface area contributed by atoms with Gasteiger partial charge in [0.25, 0.3) is 5.69 Å². The number of rotatable bonds is 11. The lowest BCUT2D eigenvalue weighted by molar-refractivity contribution is -0.384. The summed E-state index contributed by atoms with van der Waals surface area (Å²) in [6.45, 7) is 4.90. The first-order valence-electron chi connectivity index (χ1n) is 10.2. The maximum Gasteiger partial charge on any atom is 0.407 e. The summed E-state index contributed by atoms with van der Waals surface area (Å²) in [5.74, 6) is 0. The van der Waals surface area contributed by atoms with Gasteiger partial charge in [-0.05, 0) is 30.3 Å². The highest BCUT2D eigenvalue weighted by Gasteiger charge is 2.11. The van der Waals surface area contributed by atoms with Gasteiger partial charge in [-0.1, -0.05) is 17.4 Å². The number of nitriles is 1. The molecule has 0 atom stereocenters. The van der Waals surface area contributed by atoms with E-state index in [1.807, 2.05) is 17.0 Å². The van der Waals surface area contributed by atoms with Gasteiger partial charge in [-0.3, -0.25) is 10.1 Å². The van der Waals surface area contributed by atoms with Gasteiger partial charge in [0.2, 0.25) is 5.13 Å². The highest BCUT2D eigenvalue weighted by Crippen LogP contribution is 2.32. The summed E-state index contributed by atoms with van der Waals surface area (Å²) >= 11 is 1.21. The molecule has 0 unspecified atom stereocenters. The Morgan fingerprint density at radius 3 is 2.79 bits per heavy atom. The number of nitro groups is 1. The van der Waals surface area contributed by atoms with Crippen LogP contribution in [0.2, 0.25) is 0 Å². The summed E-state index contributed by atoms with van der Waals surface area (Å²) in [6.07, 6.45) is 1.35. The van der Waals surface area contributed by atoms with Crippen LogP contribution in [0.5, 0.6) is 0 Å². The molecule has 0 fully saturated rings. The number of fused-ring (bicyclic) bond motifs is 1. The molecule has 2 aromatic carbocycles. The van der Waals surface area contributed by atoms with E-state index in [0.717, 1.165) is 5.69 Å². The topological polar surface area (TPSA) is 146 Å². The molecule has 0 spiro atoms. The summed E-state index contributed by atoms with van der Waals surface area (Å²) in [5.41, 5.74) is 2.05. The second-order valence-electron chi connectivity index (χ2n) is 6.82. The maximum absolute atomic E-state index is 11.6. The van der Waals surface area contributed by atoms with E-state index in [9.17, 15) is 14.9 Å². The van der Waals surface area contributed by atoms with Crippen LogP contribution in [0.15, 0.2) is 65.3 Å². The average molecular weight is 480 g/mol. The minimum absolute atomic E-state index is 0.000952. The number of amides is 1. The number of benzene rings is 2. The zero-order chi connectivity index (χ0) is 24.3. The number of carbonyl (C=O) groups excluding carboxylic acids is 1. The Kier molecular flexibility index (Phi) is 8.59. The molecule has 3 aromatic rings. The molecule has 12 heteroatoms. The monoisotopic (exact) mass is 479 g/mol. The number of carbonyl (C=O) groups is 1. The van der Waals surface area contributed by atoms with Crippen LogP contribution >= 0.6 is 11.3 Å². The first kappa shape index (κ1) is 24.3. The number of ether oxygens (including phenoxy) is 1. The fraction of sp³-hybridized carbons (Fsp3) is 0.227. The Morgan fingerprint density at radius 2 is 2.09 bits per heavy atom. The van der Waals surface area contributed by atoms with Gasteiger partial charge < -0.3 is 15.0 Å². The van der Waals surface area contributed by atoms with Crippen LogP contribution < -0.4 is 10.2 Å². The summed E-state index contributed by atoms with van der Waals surface area (Å²) in [4.78, 5) is 28.3. The van der Waals surface area contributed by atoms with Gasteiger partial charge in [0, 0.05) is 30.9 Å². The molecule has 0 radical (unpaired) electrons. The van der Waals surface area contributed by atoms with Crippen LogP contribution in [-0.4, -0.2) is 42.2 Å². The Morgan fingerprint density at radius 1 is 1.29 bits per heavy atom. The maximum atomic E-state index is 11.6. The zero-order valence-electron chi connectivity index (χ0n) is 18.1. The number of azo groups is 1. The average Bonchev–Trinajstić information content (AvgIpc) is 3.26. The van der Waals surface area contributed by atoms with Crippen molar-refractivity contribution in [2.75, 3.05) is 31.1 Å². The van der Waals surface area contributed by atoms with E-state index >= 15 is 0 Å². The van der Waals surface area contributed by atoms with Gasteiger partial charge in [0.05, 0.1) is 39.9 Å². The molecule has 1 amide bonds. The summed E-state index contributed by atoms with van der Waals surface area (Å²) in [5, 5.41) is 31.1. The lowest BCUT2D eigenvalue weighted by Crippen LogP contribution is -2.31. The minimum Gasteiger partial charge on any atom is -0.448 e. The number of nitrogens with zero attached hydrogens (tertiary/aromatic N) is 6. The molecule has 0 aliphatic carbocycles. The van der Waals surface area contributed by atoms with Crippen LogP contribution in [-0.2, 0) is 4.74 Å². The Balaban J connectivity index is 1.64. The van der Waals surface area contributed by atoms with E-state index < -0.39 is 11.0 Å². The number of non-ortho nitro benzene ring substituents is 1. The molecule has 0 saturated carbocycles. The molecule has 0 aliphatic heterocycles. The largest absolute Gasteiger partial charge is 0.448 e. The fourth-order valence-electron chi connectivity index (χ4n) is 2.90.